The normalized spacial score (nSPS) is 10.2. The van der Waals surface area contributed by atoms with Crippen LogP contribution in [0.1, 0.15) is 5.56 Å². The number of ether oxygens (including phenoxy) is 2. The van der Waals surface area contributed by atoms with E-state index in [0.29, 0.717) is 6.54 Å². The summed E-state index contributed by atoms with van der Waals surface area (Å²) in [6.07, 6.45) is 1.76. The molecule has 0 fully saturated rings. The van der Waals surface area contributed by atoms with E-state index in [1.54, 1.807) is 25.1 Å². The molecule has 0 spiro atoms. The largest absolute Gasteiger partial charge is 0.497 e. The van der Waals surface area contributed by atoms with Crippen molar-refractivity contribution in [2.24, 2.45) is 7.05 Å². The summed E-state index contributed by atoms with van der Waals surface area (Å²) in [7, 11) is 5.19. The SMILES string of the molecule is COc1ccc(CNc2ccnn2C)c(OC)c1. The highest BCUT2D eigenvalue weighted by atomic mass is 16.5. The van der Waals surface area contributed by atoms with Crippen molar-refractivity contribution < 1.29 is 9.47 Å². The van der Waals surface area contributed by atoms with E-state index < -0.39 is 0 Å². The number of anilines is 1. The Morgan fingerprint density at radius 3 is 2.67 bits per heavy atom. The molecule has 5 nitrogen and oxygen atoms in total. The van der Waals surface area contributed by atoms with Crippen molar-refractivity contribution >= 4 is 5.82 Å². The van der Waals surface area contributed by atoms with E-state index in [2.05, 4.69) is 10.4 Å². The van der Waals surface area contributed by atoms with Gasteiger partial charge in [0, 0.05) is 31.3 Å². The van der Waals surface area contributed by atoms with Gasteiger partial charge in [-0.1, -0.05) is 0 Å². The summed E-state index contributed by atoms with van der Waals surface area (Å²) in [5.41, 5.74) is 1.07. The number of aryl methyl sites for hydroxylation is 1. The van der Waals surface area contributed by atoms with Crippen molar-refractivity contribution in [3.8, 4) is 11.5 Å². The summed E-state index contributed by atoms with van der Waals surface area (Å²) in [6.45, 7) is 0.673. The van der Waals surface area contributed by atoms with E-state index in [-0.39, 0.29) is 0 Å². The van der Waals surface area contributed by atoms with Gasteiger partial charge in [0.25, 0.3) is 0 Å². The molecule has 18 heavy (non-hydrogen) atoms. The predicted octanol–water partition coefficient (Wildman–Crippen LogP) is 2.05. The molecule has 2 aromatic rings. The lowest BCUT2D eigenvalue weighted by molar-refractivity contribution is 0.391. The highest BCUT2D eigenvalue weighted by molar-refractivity contribution is 5.43. The molecular formula is C13H17N3O2. The van der Waals surface area contributed by atoms with Gasteiger partial charge in [0.1, 0.15) is 17.3 Å². The molecule has 1 aromatic carbocycles. The van der Waals surface area contributed by atoms with Gasteiger partial charge in [-0.3, -0.25) is 4.68 Å². The lowest BCUT2D eigenvalue weighted by Gasteiger charge is -2.12. The first-order chi connectivity index (χ1) is 8.74. The first kappa shape index (κ1) is 12.3. The third-order valence-corrected chi connectivity index (χ3v) is 2.78. The molecule has 0 bridgehead atoms. The molecule has 0 saturated carbocycles. The number of nitrogens with one attached hydrogen (secondary N) is 1. The van der Waals surface area contributed by atoms with Crippen LogP contribution >= 0.6 is 0 Å². The van der Waals surface area contributed by atoms with Gasteiger partial charge in [-0.25, -0.2) is 0 Å². The van der Waals surface area contributed by atoms with E-state index in [1.807, 2.05) is 31.3 Å². The Hall–Kier alpha value is -2.17. The maximum Gasteiger partial charge on any atom is 0.127 e. The summed E-state index contributed by atoms with van der Waals surface area (Å²) in [6, 6.07) is 7.71. The van der Waals surface area contributed by atoms with Gasteiger partial charge >= 0.3 is 0 Å². The van der Waals surface area contributed by atoms with Crippen LogP contribution in [0.15, 0.2) is 30.5 Å². The van der Waals surface area contributed by atoms with Crippen LogP contribution < -0.4 is 14.8 Å². The first-order valence-corrected chi connectivity index (χ1v) is 5.67. The van der Waals surface area contributed by atoms with Gasteiger partial charge in [0.05, 0.1) is 20.4 Å². The number of hydrogen-bond donors (Lipinski definition) is 1. The van der Waals surface area contributed by atoms with Crippen LogP contribution in [0, 0.1) is 0 Å². The average Bonchev–Trinajstić information content (AvgIpc) is 2.81. The second-order valence-corrected chi connectivity index (χ2v) is 3.87. The summed E-state index contributed by atoms with van der Waals surface area (Å²) in [4.78, 5) is 0. The zero-order valence-corrected chi connectivity index (χ0v) is 10.8. The number of methoxy groups -OCH3 is 2. The van der Waals surface area contributed by atoms with Crippen LogP contribution in [-0.2, 0) is 13.6 Å². The lowest BCUT2D eigenvalue weighted by atomic mass is 10.2. The quantitative estimate of drug-likeness (QED) is 0.878. The van der Waals surface area contributed by atoms with Gasteiger partial charge in [0.15, 0.2) is 0 Å². The van der Waals surface area contributed by atoms with Gasteiger partial charge in [-0.15, -0.1) is 0 Å². The lowest BCUT2D eigenvalue weighted by Crippen LogP contribution is -2.05. The standard InChI is InChI=1S/C13H17N3O2/c1-16-13(6-7-15-16)14-9-10-4-5-11(17-2)8-12(10)18-3/h4-8,14H,9H2,1-3H3. The molecule has 0 amide bonds. The molecule has 0 aliphatic heterocycles. The maximum atomic E-state index is 5.35. The van der Waals surface area contributed by atoms with Gasteiger partial charge in [-0.2, -0.15) is 5.10 Å². The van der Waals surface area contributed by atoms with Gasteiger partial charge in [-0.05, 0) is 12.1 Å². The number of nitrogens with zero attached hydrogens (tertiary/aromatic N) is 2. The van der Waals surface area contributed by atoms with Crippen molar-refractivity contribution in [1.82, 2.24) is 9.78 Å². The van der Waals surface area contributed by atoms with Gasteiger partial charge in [0.2, 0.25) is 0 Å². The second kappa shape index (κ2) is 5.44. The van der Waals surface area contributed by atoms with Gasteiger partial charge < -0.3 is 14.8 Å². The zero-order valence-electron chi connectivity index (χ0n) is 10.8. The van der Waals surface area contributed by atoms with Crippen molar-refractivity contribution in [2.75, 3.05) is 19.5 Å². The Morgan fingerprint density at radius 2 is 2.06 bits per heavy atom. The molecule has 0 radical (unpaired) electrons. The van der Waals surface area contributed by atoms with E-state index in [0.717, 1.165) is 22.9 Å². The van der Waals surface area contributed by atoms with E-state index in [4.69, 9.17) is 9.47 Å². The Kier molecular flexibility index (Phi) is 3.72. The van der Waals surface area contributed by atoms with Crippen LogP contribution in [-0.4, -0.2) is 24.0 Å². The average molecular weight is 247 g/mol. The van der Waals surface area contributed by atoms with Crippen LogP contribution in [0.5, 0.6) is 11.5 Å². The highest BCUT2D eigenvalue weighted by Gasteiger charge is 2.05. The fourth-order valence-corrected chi connectivity index (χ4v) is 1.73. The van der Waals surface area contributed by atoms with Crippen LogP contribution in [0.3, 0.4) is 0 Å². The number of benzene rings is 1. The van der Waals surface area contributed by atoms with Crippen molar-refractivity contribution in [2.45, 2.75) is 6.54 Å². The molecule has 0 aliphatic carbocycles. The number of rotatable bonds is 5. The fourth-order valence-electron chi connectivity index (χ4n) is 1.73. The highest BCUT2D eigenvalue weighted by Crippen LogP contribution is 2.25. The molecule has 0 unspecified atom stereocenters. The number of hydrogen-bond acceptors (Lipinski definition) is 4. The molecule has 1 N–H and O–H groups in total. The molecule has 1 heterocycles. The zero-order chi connectivity index (χ0) is 13.0. The van der Waals surface area contributed by atoms with Crippen molar-refractivity contribution in [1.29, 1.82) is 0 Å². The molecular weight excluding hydrogens is 230 g/mol. The second-order valence-electron chi connectivity index (χ2n) is 3.87. The first-order valence-electron chi connectivity index (χ1n) is 5.67. The summed E-state index contributed by atoms with van der Waals surface area (Å²) >= 11 is 0. The van der Waals surface area contributed by atoms with Crippen molar-refractivity contribution in [3.05, 3.63) is 36.0 Å². The minimum Gasteiger partial charge on any atom is -0.497 e. The summed E-state index contributed by atoms with van der Waals surface area (Å²) in [5.74, 6) is 2.56. The predicted molar refractivity (Wildman–Crippen MR) is 70.1 cm³/mol. The number of aromatic nitrogens is 2. The third-order valence-electron chi connectivity index (χ3n) is 2.78. The molecule has 2 rings (SSSR count). The molecule has 1 aromatic heterocycles. The maximum absolute atomic E-state index is 5.35. The Labute approximate surface area is 106 Å². The topological polar surface area (TPSA) is 48.3 Å². The monoisotopic (exact) mass is 247 g/mol. The Morgan fingerprint density at radius 1 is 1.22 bits per heavy atom. The smallest absolute Gasteiger partial charge is 0.127 e. The minimum absolute atomic E-state index is 0.673. The van der Waals surface area contributed by atoms with Crippen LogP contribution in [0.4, 0.5) is 5.82 Å². The van der Waals surface area contributed by atoms with E-state index >= 15 is 0 Å². The van der Waals surface area contributed by atoms with Crippen molar-refractivity contribution in [3.63, 3.8) is 0 Å². The summed E-state index contributed by atoms with van der Waals surface area (Å²) < 4.78 is 12.3. The Balaban J connectivity index is 2.11. The minimum atomic E-state index is 0.673. The molecule has 0 aliphatic rings. The Bertz CT molecular complexity index is 523. The van der Waals surface area contributed by atoms with E-state index in [1.165, 1.54) is 0 Å². The summed E-state index contributed by atoms with van der Waals surface area (Å²) in [5, 5.41) is 7.40. The van der Waals surface area contributed by atoms with Crippen LogP contribution in [0.2, 0.25) is 0 Å². The fraction of sp³-hybridized carbons (Fsp3) is 0.308. The molecule has 96 valence electrons. The van der Waals surface area contributed by atoms with E-state index in [9.17, 15) is 0 Å². The molecule has 5 heteroatoms. The van der Waals surface area contributed by atoms with Crippen LogP contribution in [0.25, 0.3) is 0 Å². The third kappa shape index (κ3) is 2.56. The molecule has 0 saturated heterocycles. The molecule has 0 atom stereocenters.